The van der Waals surface area contributed by atoms with Crippen LogP contribution in [-0.4, -0.2) is 23.8 Å². The van der Waals surface area contributed by atoms with Crippen LogP contribution in [0.4, 0.5) is 0 Å². The topological polar surface area (TPSA) is 20.3 Å². The van der Waals surface area contributed by atoms with Crippen molar-refractivity contribution in [3.05, 3.63) is 70.6 Å². The Morgan fingerprint density at radius 3 is 2.63 bits per heavy atom. The van der Waals surface area contributed by atoms with Crippen LogP contribution in [0, 0.1) is 12.8 Å². The number of thiophene rings is 1. The van der Waals surface area contributed by atoms with Gasteiger partial charge >= 0.3 is 0 Å². The maximum Gasteiger partial charge on any atom is 0.172 e. The fourth-order valence-electron chi connectivity index (χ4n) is 4.03. The summed E-state index contributed by atoms with van der Waals surface area (Å²) < 4.78 is 1.22. The van der Waals surface area contributed by atoms with Gasteiger partial charge in [-0.15, -0.1) is 11.3 Å². The molecule has 2 nitrogen and oxygen atoms in total. The van der Waals surface area contributed by atoms with Crippen LogP contribution in [0.5, 0.6) is 0 Å². The Morgan fingerprint density at radius 1 is 1.07 bits per heavy atom. The number of ketones is 1. The van der Waals surface area contributed by atoms with Gasteiger partial charge in [-0.3, -0.25) is 9.69 Å². The Kier molecular flexibility index (Phi) is 5.70. The normalized spacial score (nSPS) is 16.0. The second kappa shape index (κ2) is 8.37. The van der Waals surface area contributed by atoms with E-state index < -0.39 is 0 Å². The first kappa shape index (κ1) is 18.4. The van der Waals surface area contributed by atoms with E-state index in [4.69, 9.17) is 0 Å². The van der Waals surface area contributed by atoms with E-state index in [0.29, 0.717) is 18.1 Å². The van der Waals surface area contributed by atoms with Crippen LogP contribution in [0.1, 0.15) is 46.5 Å². The molecule has 140 valence electrons. The zero-order chi connectivity index (χ0) is 18.6. The number of nitrogens with zero attached hydrogens (tertiary/aromatic N) is 1. The average molecular weight is 378 g/mol. The number of likely N-dealkylation sites (tertiary alicyclic amines) is 1. The Hall–Kier alpha value is -1.97. The Morgan fingerprint density at radius 2 is 1.85 bits per heavy atom. The molecule has 1 aliphatic rings. The van der Waals surface area contributed by atoms with Crippen LogP contribution < -0.4 is 0 Å². The highest BCUT2D eigenvalue weighted by Gasteiger charge is 2.20. The number of Topliss-reactive ketones (excluding diaryl/α,β-unsaturated/α-hetero) is 1. The molecule has 3 heteroatoms. The predicted molar refractivity (Wildman–Crippen MR) is 115 cm³/mol. The first-order valence-corrected chi connectivity index (χ1v) is 10.8. The first-order chi connectivity index (χ1) is 13.2. The number of piperidine rings is 1. The molecular weight excluding hydrogens is 350 g/mol. The summed E-state index contributed by atoms with van der Waals surface area (Å²) in [4.78, 5) is 16.1. The molecule has 27 heavy (non-hydrogen) atoms. The highest BCUT2D eigenvalue weighted by atomic mass is 32.1. The van der Waals surface area contributed by atoms with Crippen LogP contribution in [0.25, 0.3) is 10.1 Å². The van der Waals surface area contributed by atoms with Crippen LogP contribution in [-0.2, 0) is 6.54 Å². The largest absolute Gasteiger partial charge is 0.299 e. The molecule has 4 rings (SSSR count). The van der Waals surface area contributed by atoms with Crippen molar-refractivity contribution in [3.63, 3.8) is 0 Å². The zero-order valence-corrected chi connectivity index (χ0v) is 16.8. The van der Waals surface area contributed by atoms with Crippen LogP contribution in [0.3, 0.4) is 0 Å². The molecule has 3 aromatic rings. The Labute approximate surface area is 165 Å². The number of carbonyl (C=O) groups excluding carboxylic acids is 1. The SMILES string of the molecule is Cc1ccc2sc(C(=O)CCC3CCN(Cc4ccccc4)CC3)cc2c1. The lowest BCUT2D eigenvalue weighted by Crippen LogP contribution is -2.33. The van der Waals surface area contributed by atoms with Gasteiger partial charge in [0.05, 0.1) is 4.88 Å². The van der Waals surface area contributed by atoms with Crippen molar-refractivity contribution in [1.82, 2.24) is 4.90 Å². The van der Waals surface area contributed by atoms with Crippen molar-refractivity contribution in [1.29, 1.82) is 0 Å². The van der Waals surface area contributed by atoms with E-state index in [-0.39, 0.29) is 0 Å². The van der Waals surface area contributed by atoms with E-state index in [1.54, 1.807) is 11.3 Å². The van der Waals surface area contributed by atoms with Crippen molar-refractivity contribution in [2.45, 2.75) is 39.2 Å². The standard InChI is InChI=1S/C24H27NOS/c1-18-7-10-23-21(15-18)16-24(27-23)22(26)9-8-19-11-13-25(14-12-19)17-20-5-3-2-4-6-20/h2-7,10,15-16,19H,8-9,11-14,17H2,1H3. The van der Waals surface area contributed by atoms with E-state index in [1.807, 2.05) is 0 Å². The summed E-state index contributed by atoms with van der Waals surface area (Å²) in [7, 11) is 0. The lowest BCUT2D eigenvalue weighted by molar-refractivity contribution is 0.0965. The second-order valence-electron chi connectivity index (χ2n) is 7.82. The molecule has 0 bridgehead atoms. The molecule has 2 aromatic carbocycles. The van der Waals surface area contributed by atoms with E-state index >= 15 is 0 Å². The van der Waals surface area contributed by atoms with E-state index in [2.05, 4.69) is 66.4 Å². The minimum Gasteiger partial charge on any atom is -0.299 e. The molecule has 1 saturated heterocycles. The summed E-state index contributed by atoms with van der Waals surface area (Å²) >= 11 is 1.64. The molecule has 1 fully saturated rings. The molecule has 0 amide bonds. The van der Waals surface area contributed by atoms with Crippen molar-refractivity contribution < 1.29 is 4.79 Å². The van der Waals surface area contributed by atoms with Gasteiger partial charge in [-0.1, -0.05) is 48.0 Å². The molecule has 0 radical (unpaired) electrons. The van der Waals surface area contributed by atoms with Gasteiger partial charge in [-0.2, -0.15) is 0 Å². The summed E-state index contributed by atoms with van der Waals surface area (Å²) in [6.45, 7) is 5.45. The summed E-state index contributed by atoms with van der Waals surface area (Å²) in [5.41, 5.74) is 2.65. The van der Waals surface area contributed by atoms with Crippen LogP contribution >= 0.6 is 11.3 Å². The summed E-state index contributed by atoms with van der Waals surface area (Å²) in [6.07, 6.45) is 4.15. The average Bonchev–Trinajstić information content (AvgIpc) is 3.11. The number of hydrogen-bond acceptors (Lipinski definition) is 3. The summed E-state index contributed by atoms with van der Waals surface area (Å²) in [5, 5.41) is 1.21. The number of hydrogen-bond donors (Lipinski definition) is 0. The van der Waals surface area contributed by atoms with Crippen molar-refractivity contribution in [2.24, 2.45) is 5.92 Å². The maximum absolute atomic E-state index is 12.6. The molecule has 0 spiro atoms. The molecule has 0 N–H and O–H groups in total. The molecule has 0 saturated carbocycles. The predicted octanol–water partition coefficient (Wildman–Crippen LogP) is 6.08. The third-order valence-electron chi connectivity index (χ3n) is 5.68. The number of rotatable bonds is 6. The summed E-state index contributed by atoms with van der Waals surface area (Å²) in [6, 6.07) is 19.2. The molecule has 1 aromatic heterocycles. The summed E-state index contributed by atoms with van der Waals surface area (Å²) in [5.74, 6) is 1.01. The Bertz CT molecular complexity index is 907. The zero-order valence-electron chi connectivity index (χ0n) is 16.0. The first-order valence-electron chi connectivity index (χ1n) is 9.97. The number of aryl methyl sites for hydroxylation is 1. The van der Waals surface area contributed by atoms with Gasteiger partial charge in [0.2, 0.25) is 0 Å². The minimum atomic E-state index is 0.320. The molecule has 0 aliphatic carbocycles. The molecule has 0 atom stereocenters. The lowest BCUT2D eigenvalue weighted by Gasteiger charge is -2.31. The molecular formula is C24H27NOS. The van der Waals surface area contributed by atoms with Gasteiger partial charge in [0, 0.05) is 17.7 Å². The lowest BCUT2D eigenvalue weighted by atomic mass is 9.91. The molecule has 2 heterocycles. The van der Waals surface area contributed by atoms with E-state index in [1.165, 1.54) is 34.1 Å². The highest BCUT2D eigenvalue weighted by Crippen LogP contribution is 2.29. The maximum atomic E-state index is 12.6. The third-order valence-corrected chi connectivity index (χ3v) is 6.84. The highest BCUT2D eigenvalue weighted by molar-refractivity contribution is 7.20. The van der Waals surface area contributed by atoms with Gasteiger partial charge in [0.15, 0.2) is 5.78 Å². The van der Waals surface area contributed by atoms with E-state index in [0.717, 1.165) is 30.9 Å². The smallest absolute Gasteiger partial charge is 0.172 e. The molecule has 1 aliphatic heterocycles. The minimum absolute atomic E-state index is 0.320. The number of benzene rings is 2. The van der Waals surface area contributed by atoms with E-state index in [9.17, 15) is 4.79 Å². The van der Waals surface area contributed by atoms with Crippen LogP contribution in [0.2, 0.25) is 0 Å². The Balaban J connectivity index is 1.26. The molecule has 0 unspecified atom stereocenters. The fraction of sp³-hybridized carbons (Fsp3) is 0.375. The van der Waals surface area contributed by atoms with Gasteiger partial charge < -0.3 is 0 Å². The number of carbonyl (C=O) groups is 1. The van der Waals surface area contributed by atoms with Crippen molar-refractivity contribution in [2.75, 3.05) is 13.1 Å². The quantitative estimate of drug-likeness (QED) is 0.485. The van der Waals surface area contributed by atoms with Gasteiger partial charge in [-0.05, 0) is 68.3 Å². The van der Waals surface area contributed by atoms with Crippen LogP contribution in [0.15, 0.2) is 54.6 Å². The monoisotopic (exact) mass is 377 g/mol. The van der Waals surface area contributed by atoms with Gasteiger partial charge in [0.1, 0.15) is 0 Å². The number of fused-ring (bicyclic) bond motifs is 1. The second-order valence-corrected chi connectivity index (χ2v) is 8.90. The third kappa shape index (κ3) is 4.66. The van der Waals surface area contributed by atoms with Crippen molar-refractivity contribution in [3.8, 4) is 0 Å². The fourth-order valence-corrected chi connectivity index (χ4v) is 5.04. The van der Waals surface area contributed by atoms with Crippen molar-refractivity contribution >= 4 is 27.2 Å². The van der Waals surface area contributed by atoms with Gasteiger partial charge in [0.25, 0.3) is 0 Å². The van der Waals surface area contributed by atoms with Gasteiger partial charge in [-0.25, -0.2) is 0 Å².